The maximum atomic E-state index is 5.64. The predicted octanol–water partition coefficient (Wildman–Crippen LogP) is 4.53. The van der Waals surface area contributed by atoms with Crippen molar-refractivity contribution in [3.63, 3.8) is 0 Å². The zero-order valence-corrected chi connectivity index (χ0v) is 18.8. The van der Waals surface area contributed by atoms with E-state index in [0.29, 0.717) is 13.2 Å². The zero-order valence-electron chi connectivity index (χ0n) is 16.5. The second-order valence-corrected chi connectivity index (χ2v) is 5.89. The van der Waals surface area contributed by atoms with E-state index in [1.807, 2.05) is 43.3 Å². The molecule has 0 aliphatic rings. The first kappa shape index (κ1) is 23.1. The van der Waals surface area contributed by atoms with E-state index in [0.717, 1.165) is 29.6 Å². The molecule has 0 bridgehead atoms. The van der Waals surface area contributed by atoms with E-state index in [1.54, 1.807) is 7.11 Å². The van der Waals surface area contributed by atoms with Crippen LogP contribution in [0.3, 0.4) is 0 Å². The molecule has 0 saturated carbocycles. The highest BCUT2D eigenvalue weighted by atomic mass is 127. The third-order valence-electron chi connectivity index (χ3n) is 3.94. The van der Waals surface area contributed by atoms with Gasteiger partial charge in [0.1, 0.15) is 0 Å². The Balaban J connectivity index is 0.00000364. The number of hydrogen-bond donors (Lipinski definition) is 2. The van der Waals surface area contributed by atoms with Crippen molar-refractivity contribution in [2.75, 3.05) is 20.3 Å². The van der Waals surface area contributed by atoms with E-state index >= 15 is 0 Å². The van der Waals surface area contributed by atoms with Gasteiger partial charge in [-0.05, 0) is 44.0 Å². The van der Waals surface area contributed by atoms with Gasteiger partial charge in [-0.3, -0.25) is 0 Å². The van der Waals surface area contributed by atoms with Crippen LogP contribution in [0.2, 0.25) is 0 Å². The summed E-state index contributed by atoms with van der Waals surface area (Å²) < 4.78 is 11.0. The molecule has 2 rings (SSSR count). The Hall–Kier alpha value is -1.96. The highest BCUT2D eigenvalue weighted by Crippen LogP contribution is 2.28. The third-order valence-corrected chi connectivity index (χ3v) is 3.94. The maximum absolute atomic E-state index is 5.64. The lowest BCUT2D eigenvalue weighted by molar-refractivity contribution is 0.310. The molecular weight excluding hydrogens is 453 g/mol. The fourth-order valence-electron chi connectivity index (χ4n) is 2.61. The van der Waals surface area contributed by atoms with Gasteiger partial charge in [0.2, 0.25) is 0 Å². The maximum Gasteiger partial charge on any atom is 0.192 e. The average Bonchev–Trinajstić information content (AvgIpc) is 2.67. The highest BCUT2D eigenvalue weighted by Gasteiger charge is 2.08. The molecule has 5 nitrogen and oxygen atoms in total. The van der Waals surface area contributed by atoms with Crippen molar-refractivity contribution in [1.82, 2.24) is 10.6 Å². The van der Waals surface area contributed by atoms with Crippen LogP contribution in [0.1, 0.15) is 37.9 Å². The van der Waals surface area contributed by atoms with E-state index in [1.165, 1.54) is 5.56 Å². The minimum atomic E-state index is 0. The topological polar surface area (TPSA) is 54.9 Å². The molecule has 0 amide bonds. The van der Waals surface area contributed by atoms with Crippen LogP contribution in [0.15, 0.2) is 53.5 Å². The van der Waals surface area contributed by atoms with Crippen molar-refractivity contribution < 1.29 is 9.47 Å². The molecule has 2 N–H and O–H groups in total. The number of hydrogen-bond acceptors (Lipinski definition) is 3. The predicted molar refractivity (Wildman–Crippen MR) is 122 cm³/mol. The first-order valence-corrected chi connectivity index (χ1v) is 9.07. The minimum Gasteiger partial charge on any atom is -0.493 e. The van der Waals surface area contributed by atoms with Gasteiger partial charge >= 0.3 is 0 Å². The lowest BCUT2D eigenvalue weighted by Crippen LogP contribution is -2.38. The van der Waals surface area contributed by atoms with Crippen molar-refractivity contribution in [3.8, 4) is 11.5 Å². The summed E-state index contributed by atoms with van der Waals surface area (Å²) in [4.78, 5) is 4.70. The summed E-state index contributed by atoms with van der Waals surface area (Å²) in [6.07, 6.45) is 0. The molecule has 0 aliphatic carbocycles. The van der Waals surface area contributed by atoms with Gasteiger partial charge in [0.05, 0.1) is 26.3 Å². The molecule has 148 valence electrons. The number of nitrogens with one attached hydrogen (secondary N) is 2. The van der Waals surface area contributed by atoms with E-state index in [2.05, 4.69) is 36.6 Å². The first-order chi connectivity index (χ1) is 12.7. The fraction of sp³-hybridized carbons (Fsp3) is 0.381. The number of halogens is 1. The van der Waals surface area contributed by atoms with Gasteiger partial charge in [-0.1, -0.05) is 36.4 Å². The highest BCUT2D eigenvalue weighted by molar-refractivity contribution is 14.0. The van der Waals surface area contributed by atoms with Gasteiger partial charge < -0.3 is 20.1 Å². The van der Waals surface area contributed by atoms with Crippen LogP contribution in [-0.2, 0) is 6.54 Å². The molecule has 2 aromatic carbocycles. The first-order valence-electron chi connectivity index (χ1n) is 9.07. The standard InChI is InChI=1S/C21H29N3O2.HI/c1-5-22-21(24-16(3)18-10-8-7-9-11-18)23-15-17-12-13-19(25-4)20(14-17)26-6-2;/h7-14,16H,5-6,15H2,1-4H3,(H2,22,23,24);1H. The Morgan fingerprint density at radius 1 is 1.07 bits per heavy atom. The normalized spacial score (nSPS) is 11.9. The lowest BCUT2D eigenvalue weighted by Gasteiger charge is -2.18. The average molecular weight is 483 g/mol. The third kappa shape index (κ3) is 7.28. The largest absolute Gasteiger partial charge is 0.493 e. The SMILES string of the molecule is CCNC(=NCc1ccc(OC)c(OCC)c1)NC(C)c1ccccc1.I. The molecule has 27 heavy (non-hydrogen) atoms. The Morgan fingerprint density at radius 3 is 2.44 bits per heavy atom. The fourth-order valence-corrected chi connectivity index (χ4v) is 2.61. The molecule has 1 unspecified atom stereocenters. The number of rotatable bonds is 8. The van der Waals surface area contributed by atoms with Crippen molar-refractivity contribution in [2.45, 2.75) is 33.4 Å². The molecule has 0 saturated heterocycles. The monoisotopic (exact) mass is 483 g/mol. The quantitative estimate of drug-likeness (QED) is 0.329. The van der Waals surface area contributed by atoms with Crippen LogP contribution >= 0.6 is 24.0 Å². The van der Waals surface area contributed by atoms with E-state index < -0.39 is 0 Å². The molecule has 0 aromatic heterocycles. The van der Waals surface area contributed by atoms with E-state index in [4.69, 9.17) is 14.5 Å². The number of aliphatic imine (C=N–C) groups is 1. The van der Waals surface area contributed by atoms with E-state index in [9.17, 15) is 0 Å². The second kappa shape index (κ2) is 12.4. The Bertz CT molecular complexity index is 708. The number of methoxy groups -OCH3 is 1. The summed E-state index contributed by atoms with van der Waals surface area (Å²) in [6.45, 7) is 8.11. The van der Waals surface area contributed by atoms with Gasteiger partial charge in [0.15, 0.2) is 17.5 Å². The number of ether oxygens (including phenoxy) is 2. The Kier molecular flexibility index (Phi) is 10.6. The molecule has 6 heteroatoms. The van der Waals surface area contributed by atoms with Crippen LogP contribution in [0.5, 0.6) is 11.5 Å². The summed E-state index contributed by atoms with van der Waals surface area (Å²) in [5.74, 6) is 2.28. The Morgan fingerprint density at radius 2 is 1.81 bits per heavy atom. The molecule has 1 atom stereocenters. The number of benzene rings is 2. The summed E-state index contributed by atoms with van der Waals surface area (Å²) in [5.41, 5.74) is 2.29. The van der Waals surface area contributed by atoms with Gasteiger partial charge in [-0.25, -0.2) is 4.99 Å². The smallest absolute Gasteiger partial charge is 0.192 e. The molecule has 0 heterocycles. The molecule has 2 aromatic rings. The minimum absolute atomic E-state index is 0. The van der Waals surface area contributed by atoms with E-state index in [-0.39, 0.29) is 30.0 Å². The second-order valence-electron chi connectivity index (χ2n) is 5.89. The Labute approximate surface area is 179 Å². The van der Waals surface area contributed by atoms with Gasteiger partial charge in [0, 0.05) is 6.54 Å². The molecule has 0 radical (unpaired) electrons. The van der Waals surface area contributed by atoms with Crippen LogP contribution in [0, 0.1) is 0 Å². The van der Waals surface area contributed by atoms with Crippen molar-refractivity contribution in [3.05, 3.63) is 59.7 Å². The lowest BCUT2D eigenvalue weighted by atomic mass is 10.1. The summed E-state index contributed by atoms with van der Waals surface area (Å²) in [5, 5.41) is 6.75. The van der Waals surface area contributed by atoms with Crippen molar-refractivity contribution in [1.29, 1.82) is 0 Å². The number of nitrogens with zero attached hydrogens (tertiary/aromatic N) is 1. The molecule has 0 fully saturated rings. The molecule has 0 aliphatic heterocycles. The zero-order chi connectivity index (χ0) is 18.8. The van der Waals surface area contributed by atoms with Gasteiger partial charge in [-0.2, -0.15) is 0 Å². The molecular formula is C21H30IN3O2. The van der Waals surface area contributed by atoms with Crippen LogP contribution in [0.4, 0.5) is 0 Å². The van der Waals surface area contributed by atoms with Crippen LogP contribution in [0.25, 0.3) is 0 Å². The summed E-state index contributed by atoms with van der Waals surface area (Å²) in [7, 11) is 1.65. The van der Waals surface area contributed by atoms with Crippen LogP contribution in [-0.4, -0.2) is 26.2 Å². The van der Waals surface area contributed by atoms with Crippen LogP contribution < -0.4 is 20.1 Å². The summed E-state index contributed by atoms with van der Waals surface area (Å²) in [6, 6.07) is 16.4. The van der Waals surface area contributed by atoms with Crippen molar-refractivity contribution in [2.24, 2.45) is 4.99 Å². The summed E-state index contributed by atoms with van der Waals surface area (Å²) >= 11 is 0. The van der Waals surface area contributed by atoms with Gasteiger partial charge in [0.25, 0.3) is 0 Å². The molecule has 0 spiro atoms. The number of guanidine groups is 1. The van der Waals surface area contributed by atoms with Gasteiger partial charge in [-0.15, -0.1) is 24.0 Å². The van der Waals surface area contributed by atoms with Crippen molar-refractivity contribution >= 4 is 29.9 Å².